The van der Waals surface area contributed by atoms with Crippen LogP contribution < -0.4 is 4.90 Å². The summed E-state index contributed by atoms with van der Waals surface area (Å²) in [6.07, 6.45) is 7.73. The van der Waals surface area contributed by atoms with Crippen LogP contribution in [0.3, 0.4) is 0 Å². The van der Waals surface area contributed by atoms with Crippen molar-refractivity contribution in [1.82, 2.24) is 9.97 Å². The van der Waals surface area contributed by atoms with E-state index in [0.717, 1.165) is 76.5 Å². The van der Waals surface area contributed by atoms with Crippen molar-refractivity contribution in [3.05, 3.63) is 21.8 Å². The molecule has 1 aliphatic carbocycles. The topological polar surface area (TPSA) is 50.6 Å². The second kappa shape index (κ2) is 9.13. The fourth-order valence-corrected chi connectivity index (χ4v) is 5.51. The molecule has 1 spiro atoms. The van der Waals surface area contributed by atoms with Gasteiger partial charge in [-0.05, 0) is 60.9 Å². The first kappa shape index (κ1) is 22.0. The van der Waals surface area contributed by atoms with E-state index in [1.807, 2.05) is 0 Å². The molecule has 0 N–H and O–H groups in total. The number of anilines is 1. The number of hydrogen-bond acceptors (Lipinski definition) is 6. The summed E-state index contributed by atoms with van der Waals surface area (Å²) >= 11 is 5.48. The van der Waals surface area contributed by atoms with Gasteiger partial charge in [0.2, 0.25) is 0 Å². The first-order valence-corrected chi connectivity index (χ1v) is 12.8. The Morgan fingerprint density at radius 2 is 2.17 bits per heavy atom. The maximum Gasteiger partial charge on any atom is 0.190 e. The highest BCUT2D eigenvalue weighted by molar-refractivity contribution is 9.12. The summed E-state index contributed by atoms with van der Waals surface area (Å²) in [4.78, 5) is 17.5. The molecular weight excluding hydrogens is 460 g/mol. The van der Waals surface area contributed by atoms with E-state index in [4.69, 9.17) is 19.7 Å². The van der Waals surface area contributed by atoms with Crippen molar-refractivity contribution in [2.45, 2.75) is 58.2 Å². The van der Waals surface area contributed by atoms with Gasteiger partial charge in [0.05, 0.1) is 30.2 Å². The third kappa shape index (κ3) is 4.13. The number of aromatic nitrogens is 2. The average molecular weight is 491 g/mol. The van der Waals surface area contributed by atoms with Gasteiger partial charge in [0.15, 0.2) is 5.16 Å². The van der Waals surface area contributed by atoms with Crippen LogP contribution in [0.1, 0.15) is 58.2 Å². The lowest BCUT2D eigenvalue weighted by atomic mass is 9.78. The summed E-state index contributed by atoms with van der Waals surface area (Å²) in [5.74, 6) is 2.01. The summed E-state index contributed by atoms with van der Waals surface area (Å²) in [6.45, 7) is 12.4. The average Bonchev–Trinajstić information content (AvgIpc) is 2.73. The van der Waals surface area contributed by atoms with Crippen LogP contribution in [0.4, 0.5) is 5.82 Å². The summed E-state index contributed by atoms with van der Waals surface area (Å²) in [5.41, 5.74) is 4.55. The lowest BCUT2D eigenvalue weighted by molar-refractivity contribution is -0.117. The van der Waals surface area contributed by atoms with Gasteiger partial charge in [-0.25, -0.2) is 9.97 Å². The molecule has 162 valence electrons. The minimum atomic E-state index is 0.266. The molecule has 5 nitrogen and oxygen atoms in total. The molecule has 3 heterocycles. The largest absolute Gasteiger partial charge is 0.380 e. The molecular formula is C23H31BrN4OS. The number of aliphatic imine (C=N–C) groups is 1. The number of halogens is 1. The number of piperidine rings is 1. The van der Waals surface area contributed by atoms with Crippen molar-refractivity contribution < 1.29 is 4.74 Å². The normalized spacial score (nSPS) is 24.0. The molecule has 2 aliphatic heterocycles. The minimum Gasteiger partial charge on any atom is -0.380 e. The Bertz CT molecular complexity index is 907. The predicted molar refractivity (Wildman–Crippen MR) is 131 cm³/mol. The SMILES string of the molecule is C/C=C1\C(=NC(C)CC)C(Br)=Cc2nc(SCC)nc(N3CCCC4(COC4)C3)c21. The zero-order valence-corrected chi connectivity index (χ0v) is 20.8. The number of allylic oxidation sites excluding steroid dienone is 3. The van der Waals surface area contributed by atoms with Crippen molar-refractivity contribution in [2.75, 3.05) is 37.0 Å². The number of nitrogens with zero attached hydrogens (tertiary/aromatic N) is 4. The Kier molecular flexibility index (Phi) is 6.70. The van der Waals surface area contributed by atoms with Crippen LogP contribution in [0.15, 0.2) is 20.7 Å². The number of rotatable bonds is 5. The third-order valence-corrected chi connectivity index (χ3v) is 7.53. The minimum absolute atomic E-state index is 0.266. The molecule has 1 aromatic rings. The number of hydrogen-bond donors (Lipinski definition) is 0. The molecule has 0 bridgehead atoms. The molecule has 3 aliphatic rings. The van der Waals surface area contributed by atoms with Gasteiger partial charge in [0, 0.05) is 34.6 Å². The van der Waals surface area contributed by atoms with E-state index in [-0.39, 0.29) is 6.04 Å². The van der Waals surface area contributed by atoms with E-state index in [1.54, 1.807) is 11.8 Å². The van der Waals surface area contributed by atoms with Crippen LogP contribution in [-0.4, -0.2) is 53.8 Å². The predicted octanol–water partition coefficient (Wildman–Crippen LogP) is 5.60. The monoisotopic (exact) mass is 490 g/mol. The molecule has 7 heteroatoms. The number of thioether (sulfide) groups is 1. The molecule has 0 amide bonds. The second-order valence-corrected chi connectivity index (χ2v) is 10.6. The maximum absolute atomic E-state index is 5.59. The van der Waals surface area contributed by atoms with Gasteiger partial charge in [0.25, 0.3) is 0 Å². The summed E-state index contributed by atoms with van der Waals surface area (Å²) in [6, 6.07) is 0.266. The van der Waals surface area contributed by atoms with Crippen molar-refractivity contribution in [3.63, 3.8) is 0 Å². The lowest BCUT2D eigenvalue weighted by Crippen LogP contribution is -2.54. The van der Waals surface area contributed by atoms with Crippen molar-refractivity contribution >= 4 is 50.9 Å². The second-order valence-electron chi connectivity index (χ2n) is 8.47. The van der Waals surface area contributed by atoms with Crippen molar-refractivity contribution in [1.29, 1.82) is 0 Å². The molecule has 2 saturated heterocycles. The molecule has 1 atom stereocenters. The van der Waals surface area contributed by atoms with Crippen LogP contribution in [-0.2, 0) is 4.74 Å². The highest BCUT2D eigenvalue weighted by Gasteiger charge is 2.43. The van der Waals surface area contributed by atoms with Gasteiger partial charge in [0.1, 0.15) is 5.82 Å². The Labute approximate surface area is 192 Å². The Morgan fingerprint density at radius 3 is 2.80 bits per heavy atom. The highest BCUT2D eigenvalue weighted by atomic mass is 79.9. The Balaban J connectivity index is 1.84. The smallest absolute Gasteiger partial charge is 0.190 e. The van der Waals surface area contributed by atoms with Gasteiger partial charge in [-0.1, -0.05) is 31.7 Å². The summed E-state index contributed by atoms with van der Waals surface area (Å²) < 4.78 is 6.60. The summed E-state index contributed by atoms with van der Waals surface area (Å²) in [5, 5.41) is 0.852. The maximum atomic E-state index is 5.59. The molecule has 0 aromatic carbocycles. The van der Waals surface area contributed by atoms with E-state index < -0.39 is 0 Å². The van der Waals surface area contributed by atoms with E-state index >= 15 is 0 Å². The van der Waals surface area contributed by atoms with Crippen LogP contribution in [0.2, 0.25) is 0 Å². The van der Waals surface area contributed by atoms with Crippen molar-refractivity contribution in [3.8, 4) is 0 Å². The first-order chi connectivity index (χ1) is 14.5. The molecule has 1 unspecified atom stereocenters. The fourth-order valence-electron chi connectivity index (χ4n) is 4.40. The quantitative estimate of drug-likeness (QED) is 0.397. The van der Waals surface area contributed by atoms with Crippen LogP contribution >= 0.6 is 27.7 Å². The lowest BCUT2D eigenvalue weighted by Gasteiger charge is -2.49. The van der Waals surface area contributed by atoms with E-state index in [0.29, 0.717) is 5.41 Å². The van der Waals surface area contributed by atoms with E-state index in [1.165, 1.54) is 12.8 Å². The van der Waals surface area contributed by atoms with E-state index in [2.05, 4.69) is 60.7 Å². The molecule has 2 fully saturated rings. The molecule has 4 rings (SSSR count). The molecule has 0 saturated carbocycles. The Hall–Kier alpha value is -1.18. The first-order valence-electron chi connectivity index (χ1n) is 11.0. The van der Waals surface area contributed by atoms with Gasteiger partial charge in [-0.15, -0.1) is 0 Å². The van der Waals surface area contributed by atoms with Gasteiger partial charge in [-0.3, -0.25) is 4.99 Å². The van der Waals surface area contributed by atoms with Crippen molar-refractivity contribution in [2.24, 2.45) is 10.4 Å². The molecule has 1 aromatic heterocycles. The fraction of sp³-hybridized carbons (Fsp3) is 0.609. The number of ether oxygens (including phenoxy) is 1. The van der Waals surface area contributed by atoms with E-state index in [9.17, 15) is 0 Å². The van der Waals surface area contributed by atoms with Gasteiger partial charge >= 0.3 is 0 Å². The van der Waals surface area contributed by atoms with Crippen LogP contribution in [0.5, 0.6) is 0 Å². The van der Waals surface area contributed by atoms with Gasteiger partial charge < -0.3 is 9.64 Å². The number of fused-ring (bicyclic) bond motifs is 1. The third-order valence-electron chi connectivity index (χ3n) is 6.19. The Morgan fingerprint density at radius 1 is 1.37 bits per heavy atom. The van der Waals surface area contributed by atoms with Gasteiger partial charge in [-0.2, -0.15) is 0 Å². The zero-order chi connectivity index (χ0) is 21.3. The standard InChI is InChI=1S/C23H31BrN4OS/c1-5-15(4)25-20-16(6-2)19-18(11-17(20)24)26-22(30-7-3)27-21(19)28-10-8-9-23(12-28)13-29-14-23/h6,11,15H,5,7-10,12-14H2,1-4H3/b16-6-,25-20?. The zero-order valence-electron chi connectivity index (χ0n) is 18.4. The summed E-state index contributed by atoms with van der Waals surface area (Å²) in [7, 11) is 0. The molecule has 0 radical (unpaired) electrons. The highest BCUT2D eigenvalue weighted by Crippen LogP contribution is 2.43. The van der Waals surface area contributed by atoms with Crippen LogP contribution in [0.25, 0.3) is 11.6 Å². The molecule has 30 heavy (non-hydrogen) atoms. The van der Waals surface area contributed by atoms with Crippen LogP contribution in [0, 0.1) is 5.41 Å².